The van der Waals surface area contributed by atoms with Gasteiger partial charge in [0.15, 0.2) is 11.5 Å². The highest BCUT2D eigenvalue weighted by molar-refractivity contribution is 7.09. The Balaban J connectivity index is 1.15. The molecule has 0 unspecified atom stereocenters. The van der Waals surface area contributed by atoms with Gasteiger partial charge in [-0.3, -0.25) is 9.80 Å². The Kier molecular flexibility index (Phi) is 6.26. The molecule has 1 aromatic heterocycles. The van der Waals surface area contributed by atoms with Crippen LogP contribution >= 0.6 is 11.3 Å². The number of aliphatic hydroxyl groups excluding tert-OH is 1. The van der Waals surface area contributed by atoms with E-state index in [0.717, 1.165) is 44.2 Å². The van der Waals surface area contributed by atoms with E-state index in [0.29, 0.717) is 26.6 Å². The van der Waals surface area contributed by atoms with E-state index in [9.17, 15) is 5.11 Å². The van der Waals surface area contributed by atoms with E-state index in [1.54, 1.807) is 11.3 Å². The lowest BCUT2D eigenvalue weighted by Gasteiger charge is -2.35. The molecule has 4 rings (SSSR count). The van der Waals surface area contributed by atoms with Gasteiger partial charge in [0.05, 0.1) is 19.3 Å². The highest BCUT2D eigenvalue weighted by Crippen LogP contribution is 2.32. The summed E-state index contributed by atoms with van der Waals surface area (Å²) in [6, 6.07) is 10.2. The predicted octanol–water partition coefficient (Wildman–Crippen LogP) is 2.17. The molecule has 1 N–H and O–H groups in total. The summed E-state index contributed by atoms with van der Waals surface area (Å²) in [5, 5.41) is 12.3. The molecule has 2 aliphatic rings. The maximum atomic E-state index is 10.2. The van der Waals surface area contributed by atoms with E-state index in [-0.39, 0.29) is 0 Å². The molecule has 6 nitrogen and oxygen atoms in total. The molecule has 1 aromatic carbocycles. The Labute approximate surface area is 163 Å². The maximum absolute atomic E-state index is 10.2. The zero-order valence-corrected chi connectivity index (χ0v) is 16.2. The van der Waals surface area contributed by atoms with Crippen LogP contribution in [0.1, 0.15) is 10.4 Å². The first-order valence-corrected chi connectivity index (χ1v) is 10.3. The number of benzene rings is 1. The van der Waals surface area contributed by atoms with Crippen molar-refractivity contribution in [3.63, 3.8) is 0 Å². The largest absolute Gasteiger partial charge is 0.454 e. The lowest BCUT2D eigenvalue weighted by atomic mass is 10.1. The molecular formula is C20H26N2O4S. The smallest absolute Gasteiger partial charge is 0.231 e. The third-order valence-corrected chi connectivity index (χ3v) is 5.76. The summed E-state index contributed by atoms with van der Waals surface area (Å²) in [6.45, 7) is 6.79. The van der Waals surface area contributed by atoms with E-state index in [1.807, 2.05) is 17.5 Å². The number of hydrogen-bond donors (Lipinski definition) is 1. The van der Waals surface area contributed by atoms with E-state index in [2.05, 4.69) is 28.0 Å². The molecule has 1 fully saturated rings. The van der Waals surface area contributed by atoms with Crippen molar-refractivity contribution in [1.82, 2.24) is 9.80 Å². The molecule has 1 saturated heterocycles. The van der Waals surface area contributed by atoms with Crippen molar-refractivity contribution in [2.75, 3.05) is 46.1 Å². The van der Waals surface area contributed by atoms with Crippen LogP contribution < -0.4 is 9.47 Å². The van der Waals surface area contributed by atoms with Gasteiger partial charge in [-0.15, -0.1) is 11.3 Å². The fourth-order valence-electron chi connectivity index (χ4n) is 3.47. The van der Waals surface area contributed by atoms with Crippen LogP contribution in [0.3, 0.4) is 0 Å². The topological polar surface area (TPSA) is 54.4 Å². The second-order valence-corrected chi connectivity index (χ2v) is 8.04. The van der Waals surface area contributed by atoms with Crippen LogP contribution in [-0.4, -0.2) is 67.1 Å². The van der Waals surface area contributed by atoms with Crippen molar-refractivity contribution in [3.8, 4) is 11.5 Å². The molecule has 0 spiro atoms. The molecule has 27 heavy (non-hydrogen) atoms. The molecule has 146 valence electrons. The van der Waals surface area contributed by atoms with Crippen LogP contribution in [0.25, 0.3) is 0 Å². The normalized spacial score (nSPS) is 18.7. The highest BCUT2D eigenvalue weighted by Gasteiger charge is 2.20. The number of thiophene rings is 1. The number of hydrogen-bond acceptors (Lipinski definition) is 7. The SMILES string of the molecule is O[C@H](COCc1cccs1)CN1CCN(Cc2ccc3c(c2)OCO3)CC1. The second-order valence-electron chi connectivity index (χ2n) is 7.01. The van der Waals surface area contributed by atoms with Gasteiger partial charge >= 0.3 is 0 Å². The van der Waals surface area contributed by atoms with Gasteiger partial charge in [-0.2, -0.15) is 0 Å². The van der Waals surface area contributed by atoms with Crippen molar-refractivity contribution >= 4 is 11.3 Å². The van der Waals surface area contributed by atoms with E-state index < -0.39 is 6.10 Å². The third-order valence-electron chi connectivity index (χ3n) is 4.91. The number of piperazine rings is 1. The van der Waals surface area contributed by atoms with Crippen molar-refractivity contribution in [2.45, 2.75) is 19.3 Å². The summed E-state index contributed by atoms with van der Waals surface area (Å²) in [6.07, 6.45) is -0.439. The molecule has 0 amide bonds. The van der Waals surface area contributed by atoms with Gasteiger partial charge in [0.2, 0.25) is 6.79 Å². The Morgan fingerprint density at radius 1 is 1.07 bits per heavy atom. The molecule has 2 aromatic rings. The minimum absolute atomic E-state index is 0.316. The quantitative estimate of drug-likeness (QED) is 0.746. The Morgan fingerprint density at radius 3 is 2.70 bits per heavy atom. The van der Waals surface area contributed by atoms with E-state index in [4.69, 9.17) is 14.2 Å². The van der Waals surface area contributed by atoms with Gasteiger partial charge in [-0.1, -0.05) is 12.1 Å². The first-order chi connectivity index (χ1) is 13.3. The minimum atomic E-state index is -0.439. The zero-order valence-electron chi connectivity index (χ0n) is 15.4. The standard InChI is InChI=1S/C20H26N2O4S/c23-17(13-24-14-18-2-1-9-27-18)12-22-7-5-21(6-8-22)11-16-3-4-19-20(10-16)26-15-25-19/h1-4,9-10,17,23H,5-8,11-15H2/t17-/m0/s1. The molecular weight excluding hydrogens is 364 g/mol. The predicted molar refractivity (Wildman–Crippen MR) is 104 cm³/mol. The zero-order chi connectivity index (χ0) is 18.5. The van der Waals surface area contributed by atoms with Crippen LogP contribution in [0, 0.1) is 0 Å². The van der Waals surface area contributed by atoms with Crippen LogP contribution in [-0.2, 0) is 17.9 Å². The number of nitrogens with zero attached hydrogens (tertiary/aromatic N) is 2. The number of aliphatic hydroxyl groups is 1. The summed E-state index contributed by atoms with van der Waals surface area (Å²) in [4.78, 5) is 5.95. The summed E-state index contributed by atoms with van der Waals surface area (Å²) in [5.74, 6) is 1.68. The Bertz CT molecular complexity index is 717. The number of fused-ring (bicyclic) bond motifs is 1. The van der Waals surface area contributed by atoms with Crippen LogP contribution in [0.5, 0.6) is 11.5 Å². The fraction of sp³-hybridized carbons (Fsp3) is 0.500. The maximum Gasteiger partial charge on any atom is 0.231 e. The van der Waals surface area contributed by atoms with E-state index >= 15 is 0 Å². The Morgan fingerprint density at radius 2 is 1.89 bits per heavy atom. The molecule has 0 radical (unpaired) electrons. The van der Waals surface area contributed by atoms with Crippen LogP contribution in [0.4, 0.5) is 0 Å². The molecule has 0 bridgehead atoms. The van der Waals surface area contributed by atoms with Crippen LogP contribution in [0.2, 0.25) is 0 Å². The van der Waals surface area contributed by atoms with Gasteiger partial charge in [-0.25, -0.2) is 0 Å². The van der Waals surface area contributed by atoms with Crippen molar-refractivity contribution in [1.29, 1.82) is 0 Å². The summed E-state index contributed by atoms with van der Waals surface area (Å²) in [5.41, 5.74) is 1.25. The summed E-state index contributed by atoms with van der Waals surface area (Å²) >= 11 is 1.68. The summed E-state index contributed by atoms with van der Waals surface area (Å²) < 4.78 is 16.4. The highest BCUT2D eigenvalue weighted by atomic mass is 32.1. The molecule has 1 atom stereocenters. The fourth-order valence-corrected chi connectivity index (χ4v) is 4.11. The first kappa shape index (κ1) is 18.7. The Hall–Kier alpha value is -1.64. The van der Waals surface area contributed by atoms with Gasteiger partial charge in [0.25, 0.3) is 0 Å². The summed E-state index contributed by atoms with van der Waals surface area (Å²) in [7, 11) is 0. The lowest BCUT2D eigenvalue weighted by molar-refractivity contribution is 0.00152. The minimum Gasteiger partial charge on any atom is -0.454 e. The average molecular weight is 391 g/mol. The molecule has 0 saturated carbocycles. The monoisotopic (exact) mass is 390 g/mol. The number of ether oxygens (including phenoxy) is 3. The lowest BCUT2D eigenvalue weighted by Crippen LogP contribution is -2.48. The average Bonchev–Trinajstić information content (AvgIpc) is 3.34. The molecule has 3 heterocycles. The first-order valence-electron chi connectivity index (χ1n) is 9.38. The van der Waals surface area contributed by atoms with Gasteiger partial charge in [-0.05, 0) is 29.1 Å². The van der Waals surface area contributed by atoms with Gasteiger partial charge in [0.1, 0.15) is 0 Å². The van der Waals surface area contributed by atoms with Crippen molar-refractivity contribution in [3.05, 3.63) is 46.2 Å². The van der Waals surface area contributed by atoms with Crippen LogP contribution in [0.15, 0.2) is 35.7 Å². The third kappa shape index (κ3) is 5.21. The number of β-amino-alcohol motifs (C(OH)–C–C–N with tert-alkyl or cyclic N) is 1. The number of rotatable bonds is 8. The molecule has 7 heteroatoms. The van der Waals surface area contributed by atoms with Gasteiger partial charge < -0.3 is 19.3 Å². The van der Waals surface area contributed by atoms with Crippen molar-refractivity contribution in [2.24, 2.45) is 0 Å². The molecule has 2 aliphatic heterocycles. The van der Waals surface area contributed by atoms with Gasteiger partial charge in [0, 0.05) is 44.1 Å². The van der Waals surface area contributed by atoms with E-state index in [1.165, 1.54) is 10.4 Å². The second kappa shape index (κ2) is 9.03. The van der Waals surface area contributed by atoms with Crippen molar-refractivity contribution < 1.29 is 19.3 Å². The molecule has 0 aliphatic carbocycles.